The second-order valence-corrected chi connectivity index (χ2v) is 5.27. The Morgan fingerprint density at radius 3 is 2.50 bits per heavy atom. The standard InChI is InChI=1S/C13H21NO8/c1-22-12-7(3-13(21,6-16)4-10(12)18)14-8(5-15)9(17)2-11(19)20/h8-9,14-17,21H,2-6H2,1H3,(H,19,20)/t8-,9-,13-/m0/s1. The predicted molar refractivity (Wildman–Crippen MR) is 72.6 cm³/mol. The first-order valence-corrected chi connectivity index (χ1v) is 6.67. The molecule has 0 aromatic rings. The number of carbonyl (C=O) groups is 2. The summed E-state index contributed by atoms with van der Waals surface area (Å²) in [5.74, 6) is -1.88. The molecule has 0 aromatic heterocycles. The molecule has 9 heteroatoms. The molecule has 0 aliphatic heterocycles. The van der Waals surface area contributed by atoms with Crippen LogP contribution in [0.3, 0.4) is 0 Å². The lowest BCUT2D eigenvalue weighted by molar-refractivity contribution is -0.140. The minimum atomic E-state index is -1.67. The smallest absolute Gasteiger partial charge is 0.306 e. The first-order valence-electron chi connectivity index (χ1n) is 6.67. The molecule has 0 bridgehead atoms. The molecule has 1 rings (SSSR count). The predicted octanol–water partition coefficient (Wildman–Crippen LogP) is -2.28. The highest BCUT2D eigenvalue weighted by molar-refractivity contribution is 5.95. The number of carbonyl (C=O) groups excluding carboxylic acids is 1. The van der Waals surface area contributed by atoms with E-state index in [1.54, 1.807) is 0 Å². The summed E-state index contributed by atoms with van der Waals surface area (Å²) >= 11 is 0. The number of aliphatic hydroxyl groups excluding tert-OH is 3. The summed E-state index contributed by atoms with van der Waals surface area (Å²) in [5, 5.41) is 49.6. The Labute approximate surface area is 126 Å². The van der Waals surface area contributed by atoms with Crippen LogP contribution in [0.4, 0.5) is 0 Å². The van der Waals surface area contributed by atoms with Crippen LogP contribution >= 0.6 is 0 Å². The number of hydrogen-bond donors (Lipinski definition) is 6. The molecule has 0 radical (unpaired) electrons. The van der Waals surface area contributed by atoms with E-state index >= 15 is 0 Å². The molecule has 9 nitrogen and oxygen atoms in total. The Morgan fingerprint density at radius 2 is 2.05 bits per heavy atom. The fraction of sp³-hybridized carbons (Fsp3) is 0.692. The van der Waals surface area contributed by atoms with E-state index in [1.165, 1.54) is 7.11 Å². The van der Waals surface area contributed by atoms with E-state index in [0.717, 1.165) is 0 Å². The molecular formula is C13H21NO8. The fourth-order valence-electron chi connectivity index (χ4n) is 2.29. The van der Waals surface area contributed by atoms with Crippen molar-refractivity contribution in [1.29, 1.82) is 0 Å². The normalized spacial score (nSPS) is 24.9. The number of nitrogens with one attached hydrogen (secondary N) is 1. The lowest BCUT2D eigenvalue weighted by Crippen LogP contribution is -2.49. The highest BCUT2D eigenvalue weighted by atomic mass is 16.5. The molecule has 0 aromatic carbocycles. The minimum absolute atomic E-state index is 0.0842. The van der Waals surface area contributed by atoms with Crippen LogP contribution in [0.15, 0.2) is 11.5 Å². The van der Waals surface area contributed by atoms with Gasteiger partial charge in [0.25, 0.3) is 0 Å². The SMILES string of the molecule is COC1=C(N[C@@H](CO)[C@@H](O)CC(=O)O)C[C@@](O)(CO)CC1=O. The average molecular weight is 319 g/mol. The van der Waals surface area contributed by atoms with Gasteiger partial charge in [0.15, 0.2) is 5.76 Å². The number of ether oxygens (including phenoxy) is 1. The van der Waals surface area contributed by atoms with Crippen molar-refractivity contribution in [3.8, 4) is 0 Å². The maximum Gasteiger partial charge on any atom is 0.306 e. The minimum Gasteiger partial charge on any atom is -0.491 e. The summed E-state index contributed by atoms with van der Waals surface area (Å²) in [6.07, 6.45) is -2.49. The van der Waals surface area contributed by atoms with Gasteiger partial charge in [0.1, 0.15) is 5.60 Å². The molecule has 1 aliphatic carbocycles. The van der Waals surface area contributed by atoms with Crippen molar-refractivity contribution in [3.05, 3.63) is 11.5 Å². The van der Waals surface area contributed by atoms with Crippen LogP contribution in [0.2, 0.25) is 0 Å². The summed E-state index contributed by atoms with van der Waals surface area (Å²) in [6.45, 7) is -1.25. The topological polar surface area (TPSA) is 157 Å². The van der Waals surface area contributed by atoms with E-state index in [9.17, 15) is 30.0 Å². The quantitative estimate of drug-likeness (QED) is 0.290. The van der Waals surface area contributed by atoms with Gasteiger partial charge in [-0.05, 0) is 0 Å². The van der Waals surface area contributed by atoms with E-state index in [1.807, 2.05) is 0 Å². The molecule has 3 atom stereocenters. The van der Waals surface area contributed by atoms with Crippen molar-refractivity contribution in [2.75, 3.05) is 20.3 Å². The second-order valence-electron chi connectivity index (χ2n) is 5.27. The Morgan fingerprint density at radius 1 is 1.41 bits per heavy atom. The largest absolute Gasteiger partial charge is 0.491 e. The molecule has 1 aliphatic rings. The van der Waals surface area contributed by atoms with Crippen LogP contribution in [0.5, 0.6) is 0 Å². The van der Waals surface area contributed by atoms with Crippen molar-refractivity contribution in [2.24, 2.45) is 0 Å². The molecule has 0 unspecified atom stereocenters. The number of allylic oxidation sites excluding steroid dienone is 1. The third kappa shape index (κ3) is 4.41. The number of aliphatic carboxylic acids is 1. The number of ketones is 1. The molecule has 22 heavy (non-hydrogen) atoms. The van der Waals surface area contributed by atoms with Gasteiger partial charge in [0.05, 0.1) is 44.6 Å². The van der Waals surface area contributed by atoms with E-state index in [4.69, 9.17) is 9.84 Å². The maximum atomic E-state index is 11.9. The van der Waals surface area contributed by atoms with Crippen molar-refractivity contribution in [3.63, 3.8) is 0 Å². The zero-order chi connectivity index (χ0) is 16.9. The van der Waals surface area contributed by atoms with Crippen LogP contribution in [-0.2, 0) is 14.3 Å². The van der Waals surface area contributed by atoms with Crippen molar-refractivity contribution in [2.45, 2.75) is 37.0 Å². The summed E-state index contributed by atoms with van der Waals surface area (Å²) in [4.78, 5) is 22.5. The monoisotopic (exact) mass is 319 g/mol. The zero-order valence-electron chi connectivity index (χ0n) is 12.2. The Balaban J connectivity index is 2.98. The van der Waals surface area contributed by atoms with Gasteiger partial charge >= 0.3 is 5.97 Å². The molecule has 0 saturated carbocycles. The van der Waals surface area contributed by atoms with Gasteiger partial charge in [0.2, 0.25) is 5.78 Å². The third-order valence-electron chi connectivity index (χ3n) is 3.43. The summed E-state index contributed by atoms with van der Waals surface area (Å²) in [5.41, 5.74) is -1.57. The number of hydrogen-bond acceptors (Lipinski definition) is 8. The number of rotatable bonds is 8. The molecule has 0 fully saturated rings. The van der Waals surface area contributed by atoms with E-state index < -0.39 is 49.1 Å². The first kappa shape index (κ1) is 18.4. The van der Waals surface area contributed by atoms with Crippen molar-refractivity contribution >= 4 is 11.8 Å². The van der Waals surface area contributed by atoms with Gasteiger partial charge in [0, 0.05) is 12.8 Å². The molecule has 6 N–H and O–H groups in total. The zero-order valence-corrected chi connectivity index (χ0v) is 12.2. The number of carboxylic acids is 1. The van der Waals surface area contributed by atoms with Gasteiger partial charge in [-0.1, -0.05) is 0 Å². The maximum absolute atomic E-state index is 11.9. The van der Waals surface area contributed by atoms with Crippen LogP contribution in [0, 0.1) is 0 Å². The molecule has 0 spiro atoms. The third-order valence-corrected chi connectivity index (χ3v) is 3.43. The van der Waals surface area contributed by atoms with Gasteiger partial charge in [-0.3, -0.25) is 9.59 Å². The molecule has 0 amide bonds. The van der Waals surface area contributed by atoms with E-state index in [-0.39, 0.29) is 24.3 Å². The van der Waals surface area contributed by atoms with Crippen LogP contribution in [-0.4, -0.2) is 75.4 Å². The second kappa shape index (κ2) is 7.54. The highest BCUT2D eigenvalue weighted by Gasteiger charge is 2.40. The molecule has 126 valence electrons. The number of carboxylic acid groups (broad SMARTS) is 1. The Bertz CT molecular complexity index is 463. The van der Waals surface area contributed by atoms with Crippen LogP contribution in [0.25, 0.3) is 0 Å². The lowest BCUT2D eigenvalue weighted by Gasteiger charge is -2.34. The van der Waals surface area contributed by atoms with Crippen LogP contribution < -0.4 is 5.32 Å². The summed E-state index contributed by atoms with van der Waals surface area (Å²) in [6, 6.07) is -1.06. The highest BCUT2D eigenvalue weighted by Crippen LogP contribution is 2.29. The van der Waals surface area contributed by atoms with Crippen molar-refractivity contribution < 1.29 is 39.9 Å². The lowest BCUT2D eigenvalue weighted by atomic mass is 9.85. The first-order chi connectivity index (χ1) is 10.3. The number of methoxy groups -OCH3 is 1. The Kier molecular flexibility index (Phi) is 6.30. The number of aliphatic hydroxyl groups is 4. The van der Waals surface area contributed by atoms with Gasteiger partial charge in [-0.25, -0.2) is 0 Å². The number of Topliss-reactive ketones (excluding diaryl/α,β-unsaturated/α-hetero) is 1. The average Bonchev–Trinajstić information content (AvgIpc) is 2.43. The van der Waals surface area contributed by atoms with E-state index in [2.05, 4.69) is 5.32 Å². The van der Waals surface area contributed by atoms with Crippen LogP contribution in [0.1, 0.15) is 19.3 Å². The molecular weight excluding hydrogens is 298 g/mol. The van der Waals surface area contributed by atoms with Crippen molar-refractivity contribution in [1.82, 2.24) is 5.32 Å². The van der Waals surface area contributed by atoms with E-state index in [0.29, 0.717) is 0 Å². The molecule has 0 saturated heterocycles. The fourth-order valence-corrected chi connectivity index (χ4v) is 2.29. The van der Waals surface area contributed by atoms with Gasteiger partial charge in [-0.2, -0.15) is 0 Å². The Hall–Kier alpha value is -1.68. The van der Waals surface area contributed by atoms with Gasteiger partial charge < -0.3 is 35.6 Å². The van der Waals surface area contributed by atoms with Gasteiger partial charge in [-0.15, -0.1) is 0 Å². The summed E-state index contributed by atoms with van der Waals surface area (Å²) in [7, 11) is 1.25. The summed E-state index contributed by atoms with van der Waals surface area (Å²) < 4.78 is 4.96. The molecule has 0 heterocycles.